The van der Waals surface area contributed by atoms with Crippen LogP contribution in [0.4, 0.5) is 0 Å². The monoisotopic (exact) mass is 261 g/mol. The van der Waals surface area contributed by atoms with Crippen molar-refractivity contribution in [2.75, 3.05) is 13.7 Å². The molecule has 0 atom stereocenters. The summed E-state index contributed by atoms with van der Waals surface area (Å²) in [5.41, 5.74) is 6.72. The summed E-state index contributed by atoms with van der Waals surface area (Å²) >= 11 is 12.3. The van der Waals surface area contributed by atoms with Gasteiger partial charge in [-0.25, -0.2) is 0 Å². The first-order valence-corrected chi connectivity index (χ1v) is 5.88. The van der Waals surface area contributed by atoms with E-state index >= 15 is 0 Å². The van der Waals surface area contributed by atoms with E-state index in [1.165, 1.54) is 0 Å². The average molecular weight is 262 g/mol. The van der Waals surface area contributed by atoms with Crippen LogP contribution in [-0.4, -0.2) is 13.7 Å². The van der Waals surface area contributed by atoms with Crippen LogP contribution in [0.5, 0.6) is 5.75 Å². The van der Waals surface area contributed by atoms with Crippen LogP contribution in [-0.2, 0) is 6.42 Å². The van der Waals surface area contributed by atoms with Gasteiger partial charge >= 0.3 is 0 Å². The molecule has 0 aliphatic heterocycles. The number of methoxy groups -OCH3 is 1. The molecule has 4 heteroatoms. The van der Waals surface area contributed by atoms with Crippen LogP contribution >= 0.6 is 23.2 Å². The predicted octanol–water partition coefficient (Wildman–Crippen LogP) is 3.53. The van der Waals surface area contributed by atoms with E-state index in [1.54, 1.807) is 7.11 Å². The third-order valence-corrected chi connectivity index (χ3v) is 3.47. The first-order chi connectivity index (χ1) is 7.41. The number of nitrogens with two attached hydrogens (primary N) is 1. The van der Waals surface area contributed by atoms with Crippen molar-refractivity contribution < 1.29 is 4.74 Å². The molecule has 0 amide bonds. The fourth-order valence-corrected chi connectivity index (χ4v) is 1.94. The lowest BCUT2D eigenvalue weighted by atomic mass is 9.86. The summed E-state index contributed by atoms with van der Waals surface area (Å²) in [5, 5.41) is 1.03. The van der Waals surface area contributed by atoms with Gasteiger partial charge in [-0.05, 0) is 30.0 Å². The molecule has 16 heavy (non-hydrogen) atoms. The van der Waals surface area contributed by atoms with Gasteiger partial charge in [0.05, 0.1) is 12.1 Å². The quantitative estimate of drug-likeness (QED) is 0.900. The van der Waals surface area contributed by atoms with E-state index in [0.29, 0.717) is 22.3 Å². The molecule has 1 aromatic carbocycles. The molecular formula is C12H17Cl2NO. The molecule has 0 heterocycles. The second-order valence-electron chi connectivity index (χ2n) is 4.60. The zero-order chi connectivity index (χ0) is 12.3. The zero-order valence-electron chi connectivity index (χ0n) is 9.81. The maximum Gasteiger partial charge on any atom is 0.138 e. The molecule has 0 saturated carbocycles. The van der Waals surface area contributed by atoms with Gasteiger partial charge in [0.2, 0.25) is 0 Å². The van der Waals surface area contributed by atoms with E-state index in [9.17, 15) is 0 Å². The van der Waals surface area contributed by atoms with E-state index < -0.39 is 0 Å². The first kappa shape index (κ1) is 13.6. The van der Waals surface area contributed by atoms with Crippen molar-refractivity contribution in [3.8, 4) is 5.75 Å². The maximum absolute atomic E-state index is 6.19. The van der Waals surface area contributed by atoms with Crippen LogP contribution in [0.1, 0.15) is 19.4 Å². The second kappa shape index (κ2) is 5.26. The topological polar surface area (TPSA) is 35.2 Å². The fraction of sp³-hybridized carbons (Fsp3) is 0.500. The SMILES string of the molecule is COc1ccc(CC(C)(C)CN)c(Cl)c1Cl. The molecule has 0 spiro atoms. The highest BCUT2D eigenvalue weighted by Crippen LogP contribution is 2.36. The third kappa shape index (κ3) is 3.03. The van der Waals surface area contributed by atoms with Gasteiger partial charge in [-0.15, -0.1) is 0 Å². The Balaban J connectivity index is 3.04. The maximum atomic E-state index is 6.19. The Morgan fingerprint density at radius 3 is 2.38 bits per heavy atom. The lowest BCUT2D eigenvalue weighted by Gasteiger charge is -2.23. The summed E-state index contributed by atoms with van der Waals surface area (Å²) in [7, 11) is 1.57. The second-order valence-corrected chi connectivity index (χ2v) is 5.36. The van der Waals surface area contributed by atoms with Crippen molar-refractivity contribution in [3.05, 3.63) is 27.7 Å². The molecule has 1 rings (SSSR count). The Hall–Kier alpha value is -0.440. The standard InChI is InChI=1S/C12H17Cl2NO/c1-12(2,7-15)6-8-4-5-9(16-3)11(14)10(8)13/h4-5H,6-7,15H2,1-3H3. The number of hydrogen-bond acceptors (Lipinski definition) is 2. The van der Waals surface area contributed by atoms with Crippen LogP contribution in [0.2, 0.25) is 10.0 Å². The smallest absolute Gasteiger partial charge is 0.138 e. The normalized spacial score (nSPS) is 11.6. The summed E-state index contributed by atoms with van der Waals surface area (Å²) in [6, 6.07) is 3.76. The molecule has 2 N–H and O–H groups in total. The van der Waals surface area contributed by atoms with Crippen molar-refractivity contribution in [2.24, 2.45) is 11.1 Å². The Kier molecular flexibility index (Phi) is 4.48. The Morgan fingerprint density at radius 1 is 1.25 bits per heavy atom. The van der Waals surface area contributed by atoms with Crippen LogP contribution < -0.4 is 10.5 Å². The highest BCUT2D eigenvalue weighted by Gasteiger charge is 2.19. The molecule has 0 aromatic heterocycles. The van der Waals surface area contributed by atoms with E-state index in [4.69, 9.17) is 33.7 Å². The van der Waals surface area contributed by atoms with Gasteiger partial charge in [-0.3, -0.25) is 0 Å². The lowest BCUT2D eigenvalue weighted by molar-refractivity contribution is 0.376. The molecule has 0 unspecified atom stereocenters. The van der Waals surface area contributed by atoms with Crippen molar-refractivity contribution >= 4 is 23.2 Å². The number of rotatable bonds is 4. The summed E-state index contributed by atoms with van der Waals surface area (Å²) in [6.45, 7) is 4.80. The highest BCUT2D eigenvalue weighted by molar-refractivity contribution is 6.43. The average Bonchev–Trinajstić information content (AvgIpc) is 2.25. The molecule has 2 nitrogen and oxygen atoms in total. The first-order valence-electron chi connectivity index (χ1n) is 5.12. The van der Waals surface area contributed by atoms with Gasteiger partial charge in [0.15, 0.2) is 0 Å². The van der Waals surface area contributed by atoms with Crippen LogP contribution in [0.25, 0.3) is 0 Å². The Labute approximate surface area is 107 Å². The highest BCUT2D eigenvalue weighted by atomic mass is 35.5. The summed E-state index contributed by atoms with van der Waals surface area (Å²) in [6.07, 6.45) is 0.798. The van der Waals surface area contributed by atoms with Gasteiger partial charge in [-0.2, -0.15) is 0 Å². The van der Waals surface area contributed by atoms with Crippen molar-refractivity contribution in [3.63, 3.8) is 0 Å². The number of halogens is 2. The summed E-state index contributed by atoms with van der Waals surface area (Å²) in [5.74, 6) is 0.598. The van der Waals surface area contributed by atoms with Crippen LogP contribution in [0, 0.1) is 5.41 Å². The molecule has 1 aromatic rings. The molecule has 0 fully saturated rings. The van der Waals surface area contributed by atoms with Gasteiger partial charge in [-0.1, -0.05) is 43.1 Å². The number of ether oxygens (including phenoxy) is 1. The molecule has 0 saturated heterocycles. The molecule has 0 radical (unpaired) electrons. The van der Waals surface area contributed by atoms with Crippen LogP contribution in [0.15, 0.2) is 12.1 Å². The molecule has 0 aliphatic rings. The molecule has 0 aliphatic carbocycles. The van der Waals surface area contributed by atoms with Crippen molar-refractivity contribution in [2.45, 2.75) is 20.3 Å². The molecule has 0 bridgehead atoms. The van der Waals surface area contributed by atoms with Gasteiger partial charge < -0.3 is 10.5 Å². The lowest BCUT2D eigenvalue weighted by Crippen LogP contribution is -2.26. The minimum Gasteiger partial charge on any atom is -0.495 e. The van der Waals surface area contributed by atoms with Gasteiger partial charge in [0.25, 0.3) is 0 Å². The minimum atomic E-state index is 0.0154. The van der Waals surface area contributed by atoms with Crippen molar-refractivity contribution in [1.82, 2.24) is 0 Å². The van der Waals surface area contributed by atoms with Gasteiger partial charge in [0.1, 0.15) is 10.8 Å². The summed E-state index contributed by atoms with van der Waals surface area (Å²) in [4.78, 5) is 0. The Morgan fingerprint density at radius 2 is 1.88 bits per heavy atom. The van der Waals surface area contributed by atoms with Gasteiger partial charge in [0, 0.05) is 0 Å². The number of hydrogen-bond donors (Lipinski definition) is 1. The largest absolute Gasteiger partial charge is 0.495 e. The molecule has 90 valence electrons. The van der Waals surface area contributed by atoms with E-state index in [0.717, 1.165) is 12.0 Å². The minimum absolute atomic E-state index is 0.0154. The van der Waals surface area contributed by atoms with E-state index in [2.05, 4.69) is 13.8 Å². The third-order valence-electron chi connectivity index (χ3n) is 2.57. The van der Waals surface area contributed by atoms with Crippen LogP contribution in [0.3, 0.4) is 0 Å². The predicted molar refractivity (Wildman–Crippen MR) is 69.6 cm³/mol. The van der Waals surface area contributed by atoms with Crippen molar-refractivity contribution in [1.29, 1.82) is 0 Å². The zero-order valence-corrected chi connectivity index (χ0v) is 11.3. The van der Waals surface area contributed by atoms with E-state index in [-0.39, 0.29) is 5.41 Å². The number of benzene rings is 1. The fourth-order valence-electron chi connectivity index (χ4n) is 1.45. The molecular weight excluding hydrogens is 245 g/mol. The Bertz CT molecular complexity index is 378. The summed E-state index contributed by atoms with van der Waals surface area (Å²) < 4.78 is 5.10. The van der Waals surface area contributed by atoms with E-state index in [1.807, 2.05) is 12.1 Å².